The number of guanidine groups is 1. The molecule has 3 unspecified atom stereocenters. The van der Waals surface area contributed by atoms with Crippen molar-refractivity contribution in [1.82, 2.24) is 15.5 Å². The zero-order chi connectivity index (χ0) is 18.3. The molecule has 0 radical (unpaired) electrons. The Balaban J connectivity index is 0.00000338. The van der Waals surface area contributed by atoms with E-state index in [-0.39, 0.29) is 29.5 Å². The van der Waals surface area contributed by atoms with Crippen LogP contribution in [0.15, 0.2) is 4.99 Å². The van der Waals surface area contributed by atoms with Gasteiger partial charge >= 0.3 is 0 Å². The predicted octanol–water partition coefficient (Wildman–Crippen LogP) is 3.11. The molecule has 5 nitrogen and oxygen atoms in total. The first-order valence-electron chi connectivity index (χ1n) is 10.1. The number of nitrogens with zero attached hydrogens (tertiary/aromatic N) is 2. The standard InChI is InChI=1S/C19H38N4OS.HI/c1-5-25(24)17-11-9-10-16(14-17)22-18(20-4)21-15-19(2,3)23-12-7-6-8-13-23;/h16-17H,5-15H2,1-4H3,(H2,20,21,22);1H. The number of rotatable bonds is 6. The highest BCUT2D eigenvalue weighted by Crippen LogP contribution is 2.23. The largest absolute Gasteiger partial charge is 0.355 e. The Hall–Kier alpha value is 0.110. The summed E-state index contributed by atoms with van der Waals surface area (Å²) < 4.78 is 12.1. The third-order valence-corrected chi connectivity index (χ3v) is 7.49. The normalized spacial score (nSPS) is 26.7. The van der Waals surface area contributed by atoms with Crippen molar-refractivity contribution in [2.45, 2.75) is 82.5 Å². The van der Waals surface area contributed by atoms with E-state index in [1.165, 1.54) is 32.4 Å². The number of hydrogen-bond acceptors (Lipinski definition) is 3. The zero-order valence-electron chi connectivity index (χ0n) is 17.1. The first-order valence-corrected chi connectivity index (χ1v) is 11.4. The maximum Gasteiger partial charge on any atom is 0.191 e. The Bertz CT molecular complexity index is 466. The van der Waals surface area contributed by atoms with E-state index in [1.54, 1.807) is 0 Å². The molecule has 26 heavy (non-hydrogen) atoms. The van der Waals surface area contributed by atoms with Crippen molar-refractivity contribution < 1.29 is 4.21 Å². The van der Waals surface area contributed by atoms with Gasteiger partial charge in [-0.2, -0.15) is 0 Å². The summed E-state index contributed by atoms with van der Waals surface area (Å²) in [4.78, 5) is 7.02. The third kappa shape index (κ3) is 7.26. The maximum absolute atomic E-state index is 12.1. The van der Waals surface area contributed by atoms with E-state index >= 15 is 0 Å². The van der Waals surface area contributed by atoms with Gasteiger partial charge in [-0.05, 0) is 59.0 Å². The van der Waals surface area contributed by atoms with Crippen molar-refractivity contribution in [1.29, 1.82) is 0 Å². The van der Waals surface area contributed by atoms with Crippen LogP contribution in [-0.4, -0.2) is 64.3 Å². The first-order chi connectivity index (χ1) is 12.0. The highest BCUT2D eigenvalue weighted by Gasteiger charge is 2.29. The molecule has 0 amide bonds. The first kappa shape index (κ1) is 24.1. The van der Waals surface area contributed by atoms with Crippen molar-refractivity contribution in [2.24, 2.45) is 4.99 Å². The molecule has 1 aliphatic heterocycles. The van der Waals surface area contributed by atoms with E-state index < -0.39 is 10.8 Å². The van der Waals surface area contributed by atoms with E-state index in [0.29, 0.717) is 11.3 Å². The monoisotopic (exact) mass is 498 g/mol. The van der Waals surface area contributed by atoms with E-state index in [4.69, 9.17) is 0 Å². The molecule has 0 spiro atoms. The van der Waals surface area contributed by atoms with Crippen molar-refractivity contribution in [3.05, 3.63) is 0 Å². The van der Waals surface area contributed by atoms with Crippen LogP contribution in [0.1, 0.15) is 65.7 Å². The van der Waals surface area contributed by atoms with Crippen LogP contribution in [-0.2, 0) is 10.8 Å². The molecule has 2 aliphatic rings. The van der Waals surface area contributed by atoms with Crippen LogP contribution in [0.5, 0.6) is 0 Å². The molecule has 3 atom stereocenters. The molecule has 2 rings (SSSR count). The lowest BCUT2D eigenvalue weighted by molar-refractivity contribution is 0.0981. The lowest BCUT2D eigenvalue weighted by atomic mass is 9.95. The second-order valence-corrected chi connectivity index (χ2v) is 10.1. The number of likely N-dealkylation sites (tertiary alicyclic amines) is 1. The molecule has 0 aromatic heterocycles. The molecule has 1 heterocycles. The van der Waals surface area contributed by atoms with Gasteiger partial charge in [0.25, 0.3) is 0 Å². The molecule has 7 heteroatoms. The predicted molar refractivity (Wildman–Crippen MR) is 124 cm³/mol. The summed E-state index contributed by atoms with van der Waals surface area (Å²) in [6.45, 7) is 9.96. The van der Waals surface area contributed by atoms with Crippen LogP contribution in [0.3, 0.4) is 0 Å². The molecule has 0 bridgehead atoms. The number of hydrogen-bond donors (Lipinski definition) is 2. The van der Waals surface area contributed by atoms with Crippen LogP contribution in [0.25, 0.3) is 0 Å². The molecule has 1 aliphatic carbocycles. The van der Waals surface area contributed by atoms with Crippen molar-refractivity contribution >= 4 is 40.7 Å². The average molecular weight is 499 g/mol. The maximum atomic E-state index is 12.1. The zero-order valence-corrected chi connectivity index (χ0v) is 20.2. The smallest absolute Gasteiger partial charge is 0.191 e. The van der Waals surface area contributed by atoms with Crippen molar-refractivity contribution in [3.8, 4) is 0 Å². The average Bonchev–Trinajstić information content (AvgIpc) is 2.65. The Kier molecular flexibility index (Phi) is 11.0. The summed E-state index contributed by atoms with van der Waals surface area (Å²) >= 11 is 0. The fourth-order valence-electron chi connectivity index (χ4n) is 4.05. The SMILES string of the molecule is CCS(=O)C1CCCC(NC(=NC)NCC(C)(C)N2CCCCC2)C1.I. The summed E-state index contributed by atoms with van der Waals surface area (Å²) in [6, 6.07) is 0.388. The van der Waals surface area contributed by atoms with E-state index in [2.05, 4.69) is 34.4 Å². The second kappa shape index (κ2) is 11.8. The molecule has 1 saturated carbocycles. The van der Waals surface area contributed by atoms with Crippen LogP contribution in [0.2, 0.25) is 0 Å². The molecule has 154 valence electrons. The summed E-state index contributed by atoms with van der Waals surface area (Å²) in [6.07, 6.45) is 8.40. The molecular formula is C19H39IN4OS. The Morgan fingerprint density at radius 1 is 1.19 bits per heavy atom. The fourth-order valence-corrected chi connectivity index (χ4v) is 5.40. The minimum absolute atomic E-state index is 0. The van der Waals surface area contributed by atoms with Crippen LogP contribution >= 0.6 is 24.0 Å². The van der Waals surface area contributed by atoms with Crippen molar-refractivity contribution in [3.63, 3.8) is 0 Å². The summed E-state index contributed by atoms with van der Waals surface area (Å²) in [5, 5.41) is 7.46. The molecular weight excluding hydrogens is 459 g/mol. The highest BCUT2D eigenvalue weighted by molar-refractivity contribution is 14.0. The van der Waals surface area contributed by atoms with Gasteiger partial charge in [0.15, 0.2) is 5.96 Å². The van der Waals surface area contributed by atoms with Gasteiger partial charge in [-0.1, -0.05) is 19.8 Å². The summed E-state index contributed by atoms with van der Waals surface area (Å²) in [7, 11) is 1.16. The van der Waals surface area contributed by atoms with Gasteiger partial charge < -0.3 is 10.6 Å². The minimum Gasteiger partial charge on any atom is -0.355 e. The Labute approximate surface area is 180 Å². The lowest BCUT2D eigenvalue weighted by Gasteiger charge is -2.41. The molecule has 2 N–H and O–H groups in total. The number of halogens is 1. The second-order valence-electron chi connectivity index (χ2n) is 8.09. The molecule has 2 fully saturated rings. The summed E-state index contributed by atoms with van der Waals surface area (Å²) in [5.74, 6) is 1.66. The molecule has 1 saturated heterocycles. The topological polar surface area (TPSA) is 56.7 Å². The minimum atomic E-state index is -0.679. The fraction of sp³-hybridized carbons (Fsp3) is 0.947. The van der Waals surface area contributed by atoms with Gasteiger partial charge in [0, 0.05) is 47.0 Å². The lowest BCUT2D eigenvalue weighted by Crippen LogP contribution is -2.56. The van der Waals surface area contributed by atoms with Gasteiger partial charge in [0.05, 0.1) is 0 Å². The van der Waals surface area contributed by atoms with Gasteiger partial charge in [-0.3, -0.25) is 14.1 Å². The third-order valence-electron chi connectivity index (χ3n) is 5.75. The van der Waals surface area contributed by atoms with Crippen LogP contribution in [0, 0.1) is 0 Å². The van der Waals surface area contributed by atoms with E-state index in [0.717, 1.165) is 43.9 Å². The van der Waals surface area contributed by atoms with Gasteiger partial charge in [-0.25, -0.2) is 0 Å². The molecule has 0 aromatic rings. The van der Waals surface area contributed by atoms with Crippen molar-refractivity contribution in [2.75, 3.05) is 32.4 Å². The van der Waals surface area contributed by atoms with E-state index in [1.807, 2.05) is 14.0 Å². The number of aliphatic imine (C=N–C) groups is 1. The quantitative estimate of drug-likeness (QED) is 0.336. The highest BCUT2D eigenvalue weighted by atomic mass is 127. The Morgan fingerprint density at radius 2 is 1.88 bits per heavy atom. The van der Waals surface area contributed by atoms with Gasteiger partial charge in [-0.15, -0.1) is 24.0 Å². The van der Waals surface area contributed by atoms with Gasteiger partial charge in [0.1, 0.15) is 0 Å². The van der Waals surface area contributed by atoms with Gasteiger partial charge in [0.2, 0.25) is 0 Å². The van der Waals surface area contributed by atoms with Crippen LogP contribution < -0.4 is 10.6 Å². The number of nitrogens with one attached hydrogen (secondary N) is 2. The molecule has 0 aromatic carbocycles. The van der Waals surface area contributed by atoms with E-state index in [9.17, 15) is 4.21 Å². The Morgan fingerprint density at radius 3 is 2.50 bits per heavy atom. The summed E-state index contributed by atoms with van der Waals surface area (Å²) in [5.41, 5.74) is 0.136. The van der Waals surface area contributed by atoms with Crippen LogP contribution in [0.4, 0.5) is 0 Å². The number of piperidine rings is 1.